The molecule has 210 valence electrons. The van der Waals surface area contributed by atoms with Gasteiger partial charge in [0.05, 0.1) is 16.6 Å². The SMILES string of the molecule is CN1CCN(Cc2ccc3c(c2)CCC[C@H]3n2cc(CC3C(=O)NC=CN3S(=O)(=O)c3ccccc3)nn2)CC1. The number of hydrogen-bond acceptors (Lipinski definition) is 7. The number of fused-ring (bicyclic) bond motifs is 1. The van der Waals surface area contributed by atoms with Crippen LogP contribution >= 0.6 is 0 Å². The van der Waals surface area contributed by atoms with E-state index in [1.54, 1.807) is 18.2 Å². The Morgan fingerprint density at radius 2 is 1.85 bits per heavy atom. The van der Waals surface area contributed by atoms with Gasteiger partial charge in [0.1, 0.15) is 6.04 Å². The minimum Gasteiger partial charge on any atom is -0.329 e. The Morgan fingerprint density at radius 3 is 2.65 bits per heavy atom. The number of hydrogen-bond donors (Lipinski definition) is 1. The summed E-state index contributed by atoms with van der Waals surface area (Å²) in [6.07, 6.45) is 7.79. The van der Waals surface area contributed by atoms with Gasteiger partial charge in [0, 0.05) is 57.7 Å². The van der Waals surface area contributed by atoms with Crippen LogP contribution in [-0.4, -0.2) is 82.7 Å². The molecule has 1 fully saturated rings. The summed E-state index contributed by atoms with van der Waals surface area (Å²) in [6, 6.07) is 14.1. The predicted octanol–water partition coefficient (Wildman–Crippen LogP) is 2.15. The molecule has 2 aliphatic heterocycles. The van der Waals surface area contributed by atoms with Gasteiger partial charge in [0.15, 0.2) is 0 Å². The average Bonchev–Trinajstić information content (AvgIpc) is 3.44. The summed E-state index contributed by atoms with van der Waals surface area (Å²) in [4.78, 5) is 17.8. The van der Waals surface area contributed by atoms with Crippen molar-refractivity contribution in [2.45, 2.75) is 49.2 Å². The summed E-state index contributed by atoms with van der Waals surface area (Å²) >= 11 is 0. The molecule has 3 aliphatic rings. The van der Waals surface area contributed by atoms with Crippen LogP contribution in [-0.2, 0) is 34.2 Å². The van der Waals surface area contributed by atoms with Crippen molar-refractivity contribution in [2.24, 2.45) is 0 Å². The third-order valence-electron chi connectivity index (χ3n) is 8.15. The summed E-state index contributed by atoms with van der Waals surface area (Å²) < 4.78 is 29.7. The standard InChI is InChI=1S/C29H35N7O3S/c1-33-14-16-34(17-15-33)20-22-10-11-26-23(18-22)6-5-9-27(26)35-21-24(31-32-35)19-28-29(37)30-12-13-36(28)40(38,39)25-7-3-2-4-8-25/h2-4,7-8,10-13,18,21,27-28H,5-6,9,14-17,19-20H2,1H3,(H,30,37)/t27-,28?/m1/s1. The number of carbonyl (C=O) groups is 1. The number of piperazine rings is 1. The molecule has 3 heterocycles. The highest BCUT2D eigenvalue weighted by Crippen LogP contribution is 2.33. The van der Waals surface area contributed by atoms with Gasteiger partial charge in [-0.25, -0.2) is 13.1 Å². The summed E-state index contributed by atoms with van der Waals surface area (Å²) in [6.45, 7) is 5.38. The zero-order valence-corrected chi connectivity index (χ0v) is 23.5. The number of likely N-dealkylation sites (N-methyl/N-ethyl adjacent to an activating group) is 1. The van der Waals surface area contributed by atoms with Crippen LogP contribution in [0.15, 0.2) is 72.0 Å². The molecule has 1 amide bonds. The zero-order valence-electron chi connectivity index (χ0n) is 22.7. The summed E-state index contributed by atoms with van der Waals surface area (Å²) in [5.41, 5.74) is 4.54. The Morgan fingerprint density at radius 1 is 1.05 bits per heavy atom. The van der Waals surface area contributed by atoms with E-state index in [-0.39, 0.29) is 17.4 Å². The van der Waals surface area contributed by atoms with Gasteiger partial charge in [-0.3, -0.25) is 14.0 Å². The van der Waals surface area contributed by atoms with Gasteiger partial charge in [-0.15, -0.1) is 5.10 Å². The molecule has 1 aliphatic carbocycles. The Bertz CT molecular complexity index is 1500. The van der Waals surface area contributed by atoms with Crippen LogP contribution in [0.5, 0.6) is 0 Å². The molecule has 1 N–H and O–H groups in total. The van der Waals surface area contributed by atoms with E-state index >= 15 is 0 Å². The average molecular weight is 562 g/mol. The molecular formula is C29H35N7O3S. The fourth-order valence-corrected chi connectivity index (χ4v) is 7.36. The molecule has 0 radical (unpaired) electrons. The van der Waals surface area contributed by atoms with Gasteiger partial charge in [-0.05, 0) is 55.1 Å². The largest absolute Gasteiger partial charge is 0.329 e. The number of sulfonamides is 1. The first-order valence-electron chi connectivity index (χ1n) is 13.9. The topological polar surface area (TPSA) is 104 Å². The smallest absolute Gasteiger partial charge is 0.264 e. The number of amides is 1. The lowest BCUT2D eigenvalue weighted by Gasteiger charge is -2.33. The van der Waals surface area contributed by atoms with Gasteiger partial charge in [0.2, 0.25) is 5.91 Å². The first-order valence-corrected chi connectivity index (χ1v) is 15.3. The second-order valence-electron chi connectivity index (χ2n) is 10.9. The van der Waals surface area contributed by atoms with E-state index < -0.39 is 22.0 Å². The highest BCUT2D eigenvalue weighted by Gasteiger charge is 2.36. The Hall–Kier alpha value is -3.54. The van der Waals surface area contributed by atoms with Crippen molar-refractivity contribution in [2.75, 3.05) is 33.2 Å². The first-order chi connectivity index (χ1) is 19.4. The number of carbonyl (C=O) groups excluding carboxylic acids is 1. The molecule has 10 nitrogen and oxygen atoms in total. The van der Waals surface area contributed by atoms with E-state index in [1.165, 1.54) is 41.2 Å². The summed E-state index contributed by atoms with van der Waals surface area (Å²) in [5.74, 6) is -0.396. The third-order valence-corrected chi connectivity index (χ3v) is 9.95. The Balaban J connectivity index is 1.19. The first kappa shape index (κ1) is 26.7. The highest BCUT2D eigenvalue weighted by molar-refractivity contribution is 7.89. The van der Waals surface area contributed by atoms with Gasteiger partial charge in [-0.2, -0.15) is 0 Å². The number of aromatic nitrogens is 3. The maximum atomic E-state index is 13.3. The molecule has 1 saturated heterocycles. The Labute approximate surface area is 235 Å². The van der Waals surface area contributed by atoms with Crippen molar-refractivity contribution in [3.63, 3.8) is 0 Å². The molecule has 1 unspecified atom stereocenters. The molecule has 2 aromatic carbocycles. The number of aryl methyl sites for hydroxylation is 1. The fraction of sp³-hybridized carbons (Fsp3) is 0.414. The van der Waals surface area contributed by atoms with Crippen LogP contribution < -0.4 is 5.32 Å². The van der Waals surface area contributed by atoms with E-state index in [9.17, 15) is 13.2 Å². The molecule has 0 saturated carbocycles. The monoisotopic (exact) mass is 561 g/mol. The Kier molecular flexibility index (Phi) is 7.43. The number of nitrogens with zero attached hydrogens (tertiary/aromatic N) is 6. The van der Waals surface area contributed by atoms with Crippen LogP contribution in [0, 0.1) is 0 Å². The summed E-state index contributed by atoms with van der Waals surface area (Å²) in [5, 5.41) is 11.4. The molecular weight excluding hydrogens is 526 g/mol. The van der Waals surface area contributed by atoms with Crippen molar-refractivity contribution in [1.29, 1.82) is 0 Å². The van der Waals surface area contributed by atoms with E-state index in [4.69, 9.17) is 0 Å². The molecule has 0 spiro atoms. The van der Waals surface area contributed by atoms with E-state index in [0.717, 1.165) is 56.3 Å². The minimum absolute atomic E-state index is 0.0620. The van der Waals surface area contributed by atoms with E-state index in [1.807, 2.05) is 10.9 Å². The van der Waals surface area contributed by atoms with Crippen LogP contribution in [0.4, 0.5) is 0 Å². The molecule has 3 aromatic rings. The van der Waals surface area contributed by atoms with Crippen molar-refractivity contribution in [1.82, 2.24) is 34.4 Å². The summed E-state index contributed by atoms with van der Waals surface area (Å²) in [7, 11) is -1.73. The maximum absolute atomic E-state index is 13.3. The van der Waals surface area contributed by atoms with E-state index in [0.29, 0.717) is 5.69 Å². The third kappa shape index (κ3) is 5.41. The second kappa shape index (κ2) is 11.1. The number of nitrogens with one attached hydrogen (secondary N) is 1. The predicted molar refractivity (Wildman–Crippen MR) is 151 cm³/mol. The van der Waals surface area contributed by atoms with Gasteiger partial charge < -0.3 is 10.2 Å². The quantitative estimate of drug-likeness (QED) is 0.472. The minimum atomic E-state index is -3.91. The lowest BCUT2D eigenvalue weighted by atomic mass is 9.86. The number of rotatable bonds is 7. The molecule has 40 heavy (non-hydrogen) atoms. The van der Waals surface area contributed by atoms with E-state index in [2.05, 4.69) is 50.7 Å². The van der Waals surface area contributed by atoms with Crippen LogP contribution in [0.1, 0.15) is 41.3 Å². The zero-order chi connectivity index (χ0) is 27.7. The highest BCUT2D eigenvalue weighted by atomic mass is 32.2. The van der Waals surface area contributed by atoms with Crippen LogP contribution in [0.25, 0.3) is 0 Å². The maximum Gasteiger partial charge on any atom is 0.264 e. The lowest BCUT2D eigenvalue weighted by molar-refractivity contribution is -0.124. The van der Waals surface area contributed by atoms with Crippen LogP contribution in [0.3, 0.4) is 0 Å². The van der Waals surface area contributed by atoms with Crippen molar-refractivity contribution in [3.05, 3.63) is 89.5 Å². The van der Waals surface area contributed by atoms with Crippen molar-refractivity contribution >= 4 is 15.9 Å². The molecule has 0 bridgehead atoms. The fourth-order valence-electron chi connectivity index (χ4n) is 5.89. The van der Waals surface area contributed by atoms with Gasteiger partial charge >= 0.3 is 0 Å². The van der Waals surface area contributed by atoms with Gasteiger partial charge in [0.25, 0.3) is 10.0 Å². The van der Waals surface area contributed by atoms with Crippen molar-refractivity contribution < 1.29 is 13.2 Å². The van der Waals surface area contributed by atoms with Gasteiger partial charge in [-0.1, -0.05) is 41.6 Å². The molecule has 1 aromatic heterocycles. The van der Waals surface area contributed by atoms with Crippen molar-refractivity contribution in [3.8, 4) is 0 Å². The number of benzene rings is 2. The second-order valence-corrected chi connectivity index (χ2v) is 12.7. The molecule has 11 heteroatoms. The molecule has 2 atom stereocenters. The lowest BCUT2D eigenvalue weighted by Crippen LogP contribution is -2.50. The molecule has 6 rings (SSSR count). The normalized spacial score (nSPS) is 22.2. The van der Waals surface area contributed by atoms with Crippen LogP contribution in [0.2, 0.25) is 0 Å².